The molecular weight excluding hydrogens is 520 g/mol. The SMILES string of the molecule is COc1ccc(OC)c(CNC(=O)c2ccc3c(c2)N(Cc2ccc(Cl)cc2)C(=O)c2ccccc2S3)c1. The van der Waals surface area contributed by atoms with Gasteiger partial charge < -0.3 is 19.7 Å². The first-order chi connectivity index (χ1) is 18.5. The third-order valence-electron chi connectivity index (χ3n) is 6.28. The molecule has 4 aromatic rings. The summed E-state index contributed by atoms with van der Waals surface area (Å²) < 4.78 is 10.7. The summed E-state index contributed by atoms with van der Waals surface area (Å²) in [6, 6.07) is 25.9. The zero-order valence-electron chi connectivity index (χ0n) is 20.9. The molecule has 1 heterocycles. The van der Waals surface area contributed by atoms with Gasteiger partial charge in [-0.2, -0.15) is 0 Å². The van der Waals surface area contributed by atoms with Crippen LogP contribution in [0.25, 0.3) is 0 Å². The monoisotopic (exact) mass is 544 g/mol. The van der Waals surface area contributed by atoms with Crippen LogP contribution in [-0.2, 0) is 13.1 Å². The van der Waals surface area contributed by atoms with Crippen molar-refractivity contribution in [1.82, 2.24) is 5.32 Å². The molecular formula is C30H25ClN2O4S. The highest BCUT2D eigenvalue weighted by molar-refractivity contribution is 7.99. The number of benzene rings is 4. The summed E-state index contributed by atoms with van der Waals surface area (Å²) >= 11 is 7.60. The zero-order valence-corrected chi connectivity index (χ0v) is 22.4. The minimum atomic E-state index is -0.261. The number of hydrogen-bond donors (Lipinski definition) is 1. The predicted octanol–water partition coefficient (Wildman–Crippen LogP) is 6.60. The van der Waals surface area contributed by atoms with Crippen molar-refractivity contribution in [3.8, 4) is 11.5 Å². The number of carbonyl (C=O) groups is 2. The Bertz CT molecular complexity index is 1510. The van der Waals surface area contributed by atoms with Crippen molar-refractivity contribution in [3.63, 3.8) is 0 Å². The van der Waals surface area contributed by atoms with Crippen LogP contribution >= 0.6 is 23.4 Å². The van der Waals surface area contributed by atoms with Crippen LogP contribution in [0.15, 0.2) is 94.7 Å². The zero-order chi connectivity index (χ0) is 26.6. The summed E-state index contributed by atoms with van der Waals surface area (Å²) in [7, 11) is 3.18. The van der Waals surface area contributed by atoms with E-state index >= 15 is 0 Å². The Morgan fingerprint density at radius 2 is 1.71 bits per heavy atom. The van der Waals surface area contributed by atoms with Crippen molar-refractivity contribution in [2.24, 2.45) is 0 Å². The lowest BCUT2D eigenvalue weighted by Crippen LogP contribution is -2.31. The van der Waals surface area contributed by atoms with E-state index in [2.05, 4.69) is 5.32 Å². The van der Waals surface area contributed by atoms with Gasteiger partial charge in [0.1, 0.15) is 11.5 Å². The first-order valence-corrected chi connectivity index (χ1v) is 13.1. The van der Waals surface area contributed by atoms with Crippen molar-refractivity contribution >= 4 is 40.9 Å². The van der Waals surface area contributed by atoms with Gasteiger partial charge in [-0.1, -0.05) is 47.6 Å². The highest BCUT2D eigenvalue weighted by Crippen LogP contribution is 2.42. The van der Waals surface area contributed by atoms with E-state index in [9.17, 15) is 9.59 Å². The molecule has 0 spiro atoms. The topological polar surface area (TPSA) is 67.9 Å². The van der Waals surface area contributed by atoms with Crippen LogP contribution in [-0.4, -0.2) is 26.0 Å². The normalized spacial score (nSPS) is 12.3. The molecule has 0 saturated carbocycles. The number of nitrogens with zero attached hydrogens (tertiary/aromatic N) is 1. The standard InChI is InChI=1S/C30H25ClN2O4S/c1-36-23-12-13-26(37-2)21(15-23)17-32-29(34)20-9-14-28-25(16-20)33(18-19-7-10-22(31)11-8-19)30(35)24-5-3-4-6-27(24)38-28/h3-16H,17-18H2,1-2H3,(H,32,34). The van der Waals surface area contributed by atoms with Gasteiger partial charge >= 0.3 is 0 Å². The average Bonchev–Trinajstić information content (AvgIpc) is 3.06. The van der Waals surface area contributed by atoms with Crippen LogP contribution in [0.2, 0.25) is 5.02 Å². The maximum Gasteiger partial charge on any atom is 0.259 e. The molecule has 6 nitrogen and oxygen atoms in total. The van der Waals surface area contributed by atoms with Gasteiger partial charge in [0.2, 0.25) is 0 Å². The fourth-order valence-electron chi connectivity index (χ4n) is 4.29. The lowest BCUT2D eigenvalue weighted by atomic mass is 10.1. The summed E-state index contributed by atoms with van der Waals surface area (Å²) in [4.78, 5) is 30.5. The fraction of sp³-hybridized carbons (Fsp3) is 0.133. The van der Waals surface area contributed by atoms with Crippen molar-refractivity contribution < 1.29 is 19.1 Å². The molecule has 8 heteroatoms. The number of halogens is 1. The molecule has 0 atom stereocenters. The fourth-order valence-corrected chi connectivity index (χ4v) is 5.47. The molecule has 2 amide bonds. The molecule has 0 bridgehead atoms. The molecule has 0 saturated heterocycles. The second-order valence-electron chi connectivity index (χ2n) is 8.66. The Morgan fingerprint density at radius 3 is 2.47 bits per heavy atom. The first kappa shape index (κ1) is 25.7. The highest BCUT2D eigenvalue weighted by atomic mass is 35.5. The molecule has 1 aliphatic rings. The first-order valence-electron chi connectivity index (χ1n) is 11.9. The lowest BCUT2D eigenvalue weighted by molar-refractivity contribution is 0.0947. The van der Waals surface area contributed by atoms with Gasteiger partial charge in [0.15, 0.2) is 0 Å². The number of fused-ring (bicyclic) bond motifs is 2. The molecule has 1 N–H and O–H groups in total. The molecule has 4 aromatic carbocycles. The maximum absolute atomic E-state index is 13.8. The Labute approximate surface area is 230 Å². The Morgan fingerprint density at radius 1 is 0.921 bits per heavy atom. The van der Waals surface area contributed by atoms with Crippen molar-refractivity contribution in [2.75, 3.05) is 19.1 Å². The Hall–Kier alpha value is -3.94. The summed E-state index contributed by atoms with van der Waals surface area (Å²) in [5, 5.41) is 3.59. The molecule has 5 rings (SSSR count). The minimum absolute atomic E-state index is 0.125. The highest BCUT2D eigenvalue weighted by Gasteiger charge is 2.28. The van der Waals surface area contributed by atoms with Gasteiger partial charge in [0.25, 0.3) is 11.8 Å². The number of hydrogen-bond acceptors (Lipinski definition) is 5. The average molecular weight is 545 g/mol. The van der Waals surface area contributed by atoms with E-state index in [4.69, 9.17) is 21.1 Å². The van der Waals surface area contributed by atoms with Crippen LogP contribution in [0.3, 0.4) is 0 Å². The van der Waals surface area contributed by atoms with E-state index < -0.39 is 0 Å². The van der Waals surface area contributed by atoms with E-state index in [1.54, 1.807) is 55.5 Å². The molecule has 0 radical (unpaired) electrons. The van der Waals surface area contributed by atoms with Crippen LogP contribution in [0.1, 0.15) is 31.8 Å². The quantitative estimate of drug-likeness (QED) is 0.284. The molecule has 0 unspecified atom stereocenters. The Balaban J connectivity index is 1.47. The van der Waals surface area contributed by atoms with Crippen LogP contribution in [0.4, 0.5) is 5.69 Å². The lowest BCUT2D eigenvalue weighted by Gasteiger charge is -2.24. The summed E-state index contributed by atoms with van der Waals surface area (Å²) in [5.74, 6) is 0.943. The third kappa shape index (κ3) is 5.35. The number of nitrogens with one attached hydrogen (secondary N) is 1. The maximum atomic E-state index is 13.8. The van der Waals surface area contributed by atoms with Gasteiger partial charge in [-0.15, -0.1) is 0 Å². The second kappa shape index (κ2) is 11.2. The molecule has 38 heavy (non-hydrogen) atoms. The van der Waals surface area contributed by atoms with E-state index in [0.29, 0.717) is 39.9 Å². The van der Waals surface area contributed by atoms with Crippen molar-refractivity contribution in [1.29, 1.82) is 0 Å². The van der Waals surface area contributed by atoms with E-state index in [1.165, 1.54) is 11.8 Å². The van der Waals surface area contributed by atoms with E-state index in [1.807, 2.05) is 48.5 Å². The van der Waals surface area contributed by atoms with E-state index in [-0.39, 0.29) is 18.4 Å². The third-order valence-corrected chi connectivity index (χ3v) is 7.67. The number of rotatable bonds is 7. The molecule has 0 aromatic heterocycles. The molecule has 192 valence electrons. The predicted molar refractivity (Wildman–Crippen MR) is 150 cm³/mol. The molecule has 0 fully saturated rings. The number of ether oxygens (including phenoxy) is 2. The van der Waals surface area contributed by atoms with Gasteiger partial charge in [0, 0.05) is 32.5 Å². The summed E-state index contributed by atoms with van der Waals surface area (Å²) in [6.45, 7) is 0.591. The van der Waals surface area contributed by atoms with Crippen molar-refractivity contribution in [2.45, 2.75) is 22.9 Å². The smallest absolute Gasteiger partial charge is 0.259 e. The summed E-state index contributed by atoms with van der Waals surface area (Å²) in [5.41, 5.74) is 3.47. The molecule has 1 aliphatic heterocycles. The van der Waals surface area contributed by atoms with Crippen LogP contribution < -0.4 is 19.7 Å². The van der Waals surface area contributed by atoms with Crippen molar-refractivity contribution in [3.05, 3.63) is 112 Å². The number of amides is 2. The van der Waals surface area contributed by atoms with Gasteiger partial charge in [-0.25, -0.2) is 0 Å². The second-order valence-corrected chi connectivity index (χ2v) is 10.2. The minimum Gasteiger partial charge on any atom is -0.497 e. The summed E-state index contributed by atoms with van der Waals surface area (Å²) in [6.07, 6.45) is 0. The van der Waals surface area contributed by atoms with Gasteiger partial charge in [-0.3, -0.25) is 9.59 Å². The number of anilines is 1. The number of carbonyl (C=O) groups excluding carboxylic acids is 2. The largest absolute Gasteiger partial charge is 0.497 e. The van der Waals surface area contributed by atoms with Crippen LogP contribution in [0, 0.1) is 0 Å². The van der Waals surface area contributed by atoms with Gasteiger partial charge in [-0.05, 0) is 66.2 Å². The van der Waals surface area contributed by atoms with E-state index in [0.717, 1.165) is 20.9 Å². The number of methoxy groups -OCH3 is 2. The van der Waals surface area contributed by atoms with Crippen LogP contribution in [0.5, 0.6) is 11.5 Å². The molecule has 0 aliphatic carbocycles. The Kier molecular flexibility index (Phi) is 7.58. The van der Waals surface area contributed by atoms with Gasteiger partial charge in [0.05, 0.1) is 32.0 Å².